The molecule has 0 amide bonds. The number of anilines is 1. The highest BCUT2D eigenvalue weighted by Gasteiger charge is 2.13. The Bertz CT molecular complexity index is 380. The van der Waals surface area contributed by atoms with Crippen LogP contribution in [0.2, 0.25) is 0 Å². The van der Waals surface area contributed by atoms with E-state index in [4.69, 9.17) is 0 Å². The van der Waals surface area contributed by atoms with Crippen molar-refractivity contribution in [3.8, 4) is 0 Å². The van der Waals surface area contributed by atoms with Crippen LogP contribution in [0.1, 0.15) is 13.3 Å². The van der Waals surface area contributed by atoms with Gasteiger partial charge in [0.1, 0.15) is 0 Å². The minimum atomic E-state index is 0.0626. The van der Waals surface area contributed by atoms with E-state index in [0.29, 0.717) is 6.04 Å². The summed E-state index contributed by atoms with van der Waals surface area (Å²) in [4.78, 5) is 11.4. The lowest BCUT2D eigenvalue weighted by Gasteiger charge is -2.13. The number of nitrogens with zero attached hydrogens (tertiary/aromatic N) is 1. The van der Waals surface area contributed by atoms with Gasteiger partial charge in [0, 0.05) is 31.4 Å². The van der Waals surface area contributed by atoms with Crippen LogP contribution in [0.15, 0.2) is 23.1 Å². The van der Waals surface area contributed by atoms with Gasteiger partial charge in [-0.05, 0) is 26.0 Å². The van der Waals surface area contributed by atoms with Crippen LogP contribution in [0.3, 0.4) is 0 Å². The molecule has 0 bridgehead atoms. The third-order valence-corrected chi connectivity index (χ3v) is 2.76. The number of nitrogens with one attached hydrogen (secondary N) is 2. The van der Waals surface area contributed by atoms with Crippen LogP contribution in [-0.4, -0.2) is 23.7 Å². The third-order valence-electron chi connectivity index (χ3n) is 2.76. The minimum absolute atomic E-state index is 0.0626. The fourth-order valence-electron chi connectivity index (χ4n) is 1.88. The third kappa shape index (κ3) is 2.39. The first-order valence-electron chi connectivity index (χ1n) is 5.47. The van der Waals surface area contributed by atoms with Crippen LogP contribution in [0.4, 0.5) is 5.69 Å². The molecular weight excluding hydrogens is 190 g/mol. The maximum atomic E-state index is 11.4. The Balaban J connectivity index is 2.11. The van der Waals surface area contributed by atoms with Crippen molar-refractivity contribution in [2.24, 2.45) is 0 Å². The smallest absolute Gasteiger partial charge is 0.250 e. The van der Waals surface area contributed by atoms with Gasteiger partial charge in [-0.15, -0.1) is 0 Å². The first kappa shape index (κ1) is 10.2. The molecule has 1 aromatic heterocycles. The predicted molar refractivity (Wildman–Crippen MR) is 61.3 cm³/mol. The van der Waals surface area contributed by atoms with E-state index < -0.39 is 0 Å². The van der Waals surface area contributed by atoms with E-state index in [1.165, 1.54) is 0 Å². The first-order chi connectivity index (χ1) is 7.29. The summed E-state index contributed by atoms with van der Waals surface area (Å²) in [6.07, 6.45) is 3.03. The molecule has 0 radical (unpaired) electrons. The van der Waals surface area contributed by atoms with Crippen LogP contribution in [0, 0.1) is 0 Å². The van der Waals surface area contributed by atoms with E-state index >= 15 is 0 Å². The van der Waals surface area contributed by atoms with E-state index in [0.717, 1.165) is 31.7 Å². The lowest BCUT2D eigenvalue weighted by Crippen LogP contribution is -2.24. The largest absolute Gasteiger partial charge is 0.380 e. The fraction of sp³-hybridized carbons (Fsp3) is 0.545. The Labute approximate surface area is 89.3 Å². The van der Waals surface area contributed by atoms with Crippen molar-refractivity contribution in [2.75, 3.05) is 18.4 Å². The quantitative estimate of drug-likeness (QED) is 0.764. The summed E-state index contributed by atoms with van der Waals surface area (Å²) in [5, 5.41) is 6.72. The van der Waals surface area contributed by atoms with E-state index in [2.05, 4.69) is 10.6 Å². The first-order valence-corrected chi connectivity index (χ1v) is 5.47. The van der Waals surface area contributed by atoms with Gasteiger partial charge in [-0.2, -0.15) is 0 Å². The molecule has 0 aromatic carbocycles. The molecule has 15 heavy (non-hydrogen) atoms. The molecule has 1 aliphatic heterocycles. The average Bonchev–Trinajstić information content (AvgIpc) is 2.73. The minimum Gasteiger partial charge on any atom is -0.380 e. The Kier molecular flexibility index (Phi) is 3.06. The van der Waals surface area contributed by atoms with Crippen molar-refractivity contribution in [3.05, 3.63) is 28.7 Å². The summed E-state index contributed by atoms with van der Waals surface area (Å²) in [7, 11) is 0. The topological polar surface area (TPSA) is 46.1 Å². The van der Waals surface area contributed by atoms with Crippen molar-refractivity contribution in [1.82, 2.24) is 9.88 Å². The molecular formula is C11H17N3O. The molecule has 2 N–H and O–H groups in total. The van der Waals surface area contributed by atoms with Gasteiger partial charge in [0.15, 0.2) is 0 Å². The molecule has 2 heterocycles. The molecule has 1 atom stereocenters. The zero-order valence-electron chi connectivity index (χ0n) is 8.99. The monoisotopic (exact) mass is 207 g/mol. The molecule has 0 saturated carbocycles. The molecule has 82 valence electrons. The molecule has 2 rings (SSSR count). The molecule has 1 fully saturated rings. The van der Waals surface area contributed by atoms with Crippen LogP contribution < -0.4 is 16.2 Å². The van der Waals surface area contributed by atoms with Crippen molar-refractivity contribution >= 4 is 5.69 Å². The second-order valence-electron chi connectivity index (χ2n) is 3.88. The van der Waals surface area contributed by atoms with Crippen molar-refractivity contribution in [1.29, 1.82) is 0 Å². The van der Waals surface area contributed by atoms with Crippen LogP contribution in [0.5, 0.6) is 0 Å². The summed E-state index contributed by atoms with van der Waals surface area (Å²) in [5.41, 5.74) is 1.10. The maximum Gasteiger partial charge on any atom is 0.250 e. The maximum absolute atomic E-state index is 11.4. The predicted octanol–water partition coefficient (Wildman–Crippen LogP) is 0.642. The Morgan fingerprint density at radius 2 is 2.47 bits per heavy atom. The second-order valence-corrected chi connectivity index (χ2v) is 3.88. The molecule has 4 heteroatoms. The molecule has 1 saturated heterocycles. The van der Waals surface area contributed by atoms with Crippen LogP contribution in [0.25, 0.3) is 0 Å². The van der Waals surface area contributed by atoms with Gasteiger partial charge < -0.3 is 15.2 Å². The average molecular weight is 207 g/mol. The highest BCUT2D eigenvalue weighted by atomic mass is 16.1. The SMILES string of the molecule is CCn1cc(NC2CCNC2)ccc1=O. The second kappa shape index (κ2) is 4.49. The molecule has 1 aliphatic rings. The zero-order chi connectivity index (χ0) is 10.7. The molecule has 1 aromatic rings. The van der Waals surface area contributed by atoms with Gasteiger partial charge in [-0.1, -0.05) is 0 Å². The highest BCUT2D eigenvalue weighted by Crippen LogP contribution is 2.09. The lowest BCUT2D eigenvalue weighted by molar-refractivity contribution is 0.722. The van der Waals surface area contributed by atoms with Crippen molar-refractivity contribution in [3.63, 3.8) is 0 Å². The van der Waals surface area contributed by atoms with Crippen LogP contribution >= 0.6 is 0 Å². The molecule has 0 aliphatic carbocycles. The number of hydrogen-bond donors (Lipinski definition) is 2. The lowest BCUT2D eigenvalue weighted by atomic mass is 10.2. The number of aromatic nitrogens is 1. The Morgan fingerprint density at radius 3 is 3.13 bits per heavy atom. The van der Waals surface area contributed by atoms with E-state index in [-0.39, 0.29) is 5.56 Å². The summed E-state index contributed by atoms with van der Waals surface area (Å²) < 4.78 is 1.71. The molecule has 4 nitrogen and oxygen atoms in total. The summed E-state index contributed by atoms with van der Waals surface area (Å²) >= 11 is 0. The van der Waals surface area contributed by atoms with E-state index in [9.17, 15) is 4.79 Å². The van der Waals surface area contributed by atoms with Crippen molar-refractivity contribution in [2.45, 2.75) is 25.9 Å². The van der Waals surface area contributed by atoms with E-state index in [1.54, 1.807) is 10.6 Å². The standard InChI is InChI=1S/C11H17N3O/c1-2-14-8-10(3-4-11(14)15)13-9-5-6-12-7-9/h3-4,8-9,12-13H,2,5-7H2,1H3. The summed E-state index contributed by atoms with van der Waals surface area (Å²) in [6, 6.07) is 3.97. The highest BCUT2D eigenvalue weighted by molar-refractivity contribution is 5.41. The summed E-state index contributed by atoms with van der Waals surface area (Å²) in [6.45, 7) is 4.77. The van der Waals surface area contributed by atoms with E-state index in [1.807, 2.05) is 19.2 Å². The van der Waals surface area contributed by atoms with Crippen molar-refractivity contribution < 1.29 is 0 Å². The normalized spacial score (nSPS) is 20.5. The van der Waals surface area contributed by atoms with Crippen LogP contribution in [-0.2, 0) is 6.54 Å². The molecule has 1 unspecified atom stereocenters. The number of pyridine rings is 1. The number of rotatable bonds is 3. The summed E-state index contributed by atoms with van der Waals surface area (Å²) in [5.74, 6) is 0. The Hall–Kier alpha value is -1.29. The van der Waals surface area contributed by atoms with Gasteiger partial charge in [0.05, 0.1) is 5.69 Å². The van der Waals surface area contributed by atoms with Gasteiger partial charge in [0.2, 0.25) is 0 Å². The van der Waals surface area contributed by atoms with Gasteiger partial charge in [-0.3, -0.25) is 4.79 Å². The number of aryl methyl sites for hydroxylation is 1. The molecule has 0 spiro atoms. The van der Waals surface area contributed by atoms with Gasteiger partial charge in [0.25, 0.3) is 5.56 Å². The number of hydrogen-bond acceptors (Lipinski definition) is 3. The van der Waals surface area contributed by atoms with Gasteiger partial charge in [-0.25, -0.2) is 0 Å². The zero-order valence-corrected chi connectivity index (χ0v) is 8.99. The Morgan fingerprint density at radius 1 is 1.60 bits per heavy atom. The fourth-order valence-corrected chi connectivity index (χ4v) is 1.88. The van der Waals surface area contributed by atoms with Gasteiger partial charge >= 0.3 is 0 Å².